The van der Waals surface area contributed by atoms with Gasteiger partial charge in [0, 0.05) is 25.0 Å². The van der Waals surface area contributed by atoms with Crippen LogP contribution < -0.4 is 16.6 Å². The molecule has 42 heavy (non-hydrogen) atoms. The number of carbonyl (C=O) groups is 1. The maximum atomic E-state index is 14.3. The van der Waals surface area contributed by atoms with E-state index >= 15 is 0 Å². The van der Waals surface area contributed by atoms with Gasteiger partial charge >= 0.3 is 0 Å². The van der Waals surface area contributed by atoms with Gasteiger partial charge in [0.2, 0.25) is 0 Å². The highest BCUT2D eigenvalue weighted by Crippen LogP contribution is 2.24. The predicted molar refractivity (Wildman–Crippen MR) is 162 cm³/mol. The number of nitrogens with zero attached hydrogens (tertiary/aromatic N) is 7. The lowest BCUT2D eigenvalue weighted by Crippen LogP contribution is -2.48. The van der Waals surface area contributed by atoms with Gasteiger partial charge in [-0.25, -0.2) is 14.5 Å². The van der Waals surface area contributed by atoms with Gasteiger partial charge in [0.05, 0.1) is 39.5 Å². The fraction of sp³-hybridized carbons (Fsp3) is 0.133. The minimum atomic E-state index is -1.13. The third kappa shape index (κ3) is 4.47. The first-order valence-electron chi connectivity index (χ1n) is 13.2. The standard InChI is InChI=1S/C30H26BN9O2/c1-18-20(17-34-38(18)3)14-13-19-9-7-12-22-23(19)28(42)40(21-10-5-4-6-11-21)29(35-22)30(2,31)36-27(41)24-25(32)37-39-16-8-15-33-26(24)39/h4-12,15-17H,31H2,1-3H3,(H2,32,37)(H,36,41)/t30-/m0/s1. The highest BCUT2D eigenvalue weighted by atomic mass is 16.2. The van der Waals surface area contributed by atoms with E-state index in [4.69, 9.17) is 10.7 Å². The number of aryl methyl sites for hydroxylation is 1. The van der Waals surface area contributed by atoms with Gasteiger partial charge < -0.3 is 11.1 Å². The number of aromatic nitrogens is 7. The number of hydrogen-bond acceptors (Lipinski definition) is 7. The fourth-order valence-electron chi connectivity index (χ4n) is 4.85. The van der Waals surface area contributed by atoms with Gasteiger partial charge in [-0.1, -0.05) is 36.1 Å². The van der Waals surface area contributed by atoms with Gasteiger partial charge in [0.25, 0.3) is 11.5 Å². The molecule has 0 saturated carbocycles. The van der Waals surface area contributed by atoms with Gasteiger partial charge in [-0.2, -0.15) is 5.10 Å². The number of fused-ring (bicyclic) bond motifs is 2. The van der Waals surface area contributed by atoms with E-state index in [9.17, 15) is 9.59 Å². The van der Waals surface area contributed by atoms with Crippen molar-refractivity contribution >= 4 is 36.1 Å². The van der Waals surface area contributed by atoms with Crippen LogP contribution in [0.4, 0.5) is 5.82 Å². The second kappa shape index (κ2) is 10.0. The predicted octanol–water partition coefficient (Wildman–Crippen LogP) is 1.69. The second-order valence-electron chi connectivity index (χ2n) is 10.4. The third-order valence-corrected chi connectivity index (χ3v) is 7.11. The summed E-state index contributed by atoms with van der Waals surface area (Å²) >= 11 is 0. The Morgan fingerprint density at radius 2 is 1.83 bits per heavy atom. The molecular formula is C30H26BN9O2. The van der Waals surface area contributed by atoms with Crippen LogP contribution in [0.15, 0.2) is 78.0 Å². The minimum Gasteiger partial charge on any atom is -0.381 e. The monoisotopic (exact) mass is 555 g/mol. The zero-order valence-corrected chi connectivity index (χ0v) is 23.5. The van der Waals surface area contributed by atoms with Crippen LogP contribution in [0.3, 0.4) is 0 Å². The van der Waals surface area contributed by atoms with Gasteiger partial charge in [0.15, 0.2) is 11.5 Å². The Balaban J connectivity index is 1.52. The average Bonchev–Trinajstić information content (AvgIpc) is 3.48. The summed E-state index contributed by atoms with van der Waals surface area (Å²) in [6, 6.07) is 16.2. The smallest absolute Gasteiger partial charge is 0.267 e. The highest BCUT2D eigenvalue weighted by Gasteiger charge is 2.32. The van der Waals surface area contributed by atoms with Crippen LogP contribution in [-0.4, -0.2) is 47.7 Å². The van der Waals surface area contributed by atoms with Crippen molar-refractivity contribution in [3.8, 4) is 17.5 Å². The zero-order valence-electron chi connectivity index (χ0n) is 23.5. The summed E-state index contributed by atoms with van der Waals surface area (Å²) in [5.74, 6) is 6.17. The Bertz CT molecular complexity index is 2130. The number of anilines is 1. The molecule has 0 bridgehead atoms. The first-order chi connectivity index (χ1) is 20.2. The van der Waals surface area contributed by atoms with Gasteiger partial charge in [-0.15, -0.1) is 5.10 Å². The van der Waals surface area contributed by atoms with Crippen molar-refractivity contribution in [3.05, 3.63) is 112 Å². The van der Waals surface area contributed by atoms with Gasteiger partial charge in [-0.05, 0) is 44.2 Å². The van der Waals surface area contributed by atoms with E-state index in [1.807, 2.05) is 50.4 Å². The molecule has 0 aliphatic heterocycles. The first-order valence-corrected chi connectivity index (χ1v) is 13.2. The highest BCUT2D eigenvalue weighted by molar-refractivity contribution is 6.18. The number of benzene rings is 2. The van der Waals surface area contributed by atoms with Crippen LogP contribution in [0.1, 0.15) is 39.9 Å². The van der Waals surface area contributed by atoms with Crippen molar-refractivity contribution in [3.63, 3.8) is 0 Å². The Morgan fingerprint density at radius 1 is 1.07 bits per heavy atom. The second-order valence-corrected chi connectivity index (χ2v) is 10.4. The zero-order chi connectivity index (χ0) is 29.6. The molecule has 6 rings (SSSR count). The summed E-state index contributed by atoms with van der Waals surface area (Å²) in [6.45, 7) is 3.71. The lowest BCUT2D eigenvalue weighted by atomic mass is 9.78. The maximum absolute atomic E-state index is 14.3. The summed E-state index contributed by atoms with van der Waals surface area (Å²) < 4.78 is 4.71. The molecule has 4 aromatic heterocycles. The number of nitrogen functional groups attached to an aromatic ring is 1. The summed E-state index contributed by atoms with van der Waals surface area (Å²) in [6.07, 6.45) is 4.92. The summed E-state index contributed by atoms with van der Waals surface area (Å²) in [7, 11) is 3.63. The minimum absolute atomic E-state index is 0.0426. The Hall–Kier alpha value is -5.70. The molecule has 0 fully saturated rings. The SMILES string of the molecule is B[C@@](C)(NC(=O)c1c(N)nn2cccnc12)c1nc2cccc(C#Cc3cnn(C)c3C)c2c(=O)n1-c1ccccc1. The van der Waals surface area contributed by atoms with Crippen LogP contribution in [0.5, 0.6) is 0 Å². The molecule has 6 aromatic rings. The van der Waals surface area contributed by atoms with Gasteiger partial charge in [-0.3, -0.25) is 18.8 Å². The average molecular weight is 555 g/mol. The number of hydrogen-bond donors (Lipinski definition) is 2. The molecule has 1 amide bonds. The lowest BCUT2D eigenvalue weighted by Gasteiger charge is -2.29. The van der Waals surface area contributed by atoms with Crippen LogP contribution >= 0.6 is 0 Å². The van der Waals surface area contributed by atoms with E-state index in [2.05, 4.69) is 32.3 Å². The van der Waals surface area contributed by atoms with Crippen molar-refractivity contribution in [2.45, 2.75) is 19.3 Å². The molecule has 11 nitrogen and oxygen atoms in total. The number of carbonyl (C=O) groups excluding carboxylic acids is 1. The number of nitrogens with two attached hydrogens (primary N) is 1. The number of rotatable bonds is 4. The molecule has 0 aliphatic rings. The van der Waals surface area contributed by atoms with E-state index in [-0.39, 0.29) is 16.9 Å². The first kappa shape index (κ1) is 26.5. The Morgan fingerprint density at radius 3 is 2.57 bits per heavy atom. The molecule has 4 heterocycles. The summed E-state index contributed by atoms with van der Waals surface area (Å²) in [5, 5.41) is 11.8. The van der Waals surface area contributed by atoms with Gasteiger partial charge in [0.1, 0.15) is 19.2 Å². The number of nitrogens with one attached hydrogen (secondary N) is 1. The summed E-state index contributed by atoms with van der Waals surface area (Å²) in [5.41, 5.74) is 8.40. The molecule has 0 spiro atoms. The normalized spacial score (nSPS) is 12.5. The topological polar surface area (TPSA) is 138 Å². The molecular weight excluding hydrogens is 529 g/mol. The maximum Gasteiger partial charge on any atom is 0.267 e. The Kier molecular flexibility index (Phi) is 6.35. The van der Waals surface area contributed by atoms with Crippen LogP contribution in [0, 0.1) is 18.8 Å². The fourth-order valence-corrected chi connectivity index (χ4v) is 4.85. The van der Waals surface area contributed by atoms with E-state index in [0.29, 0.717) is 33.6 Å². The van der Waals surface area contributed by atoms with Crippen molar-refractivity contribution in [2.24, 2.45) is 7.05 Å². The quantitative estimate of drug-likeness (QED) is 0.249. The molecule has 0 saturated heterocycles. The van der Waals surface area contributed by atoms with Crippen LogP contribution in [-0.2, 0) is 12.5 Å². The number of para-hydroxylation sites is 1. The van der Waals surface area contributed by atoms with Crippen LogP contribution in [0.2, 0.25) is 0 Å². The number of amides is 1. The van der Waals surface area contributed by atoms with E-state index in [1.54, 1.807) is 56.2 Å². The van der Waals surface area contributed by atoms with Crippen molar-refractivity contribution in [1.29, 1.82) is 0 Å². The lowest BCUT2D eigenvalue weighted by molar-refractivity contribution is 0.0930. The molecule has 206 valence electrons. The van der Waals surface area contributed by atoms with Crippen LogP contribution in [0.25, 0.3) is 22.2 Å². The molecule has 0 unspecified atom stereocenters. The molecule has 0 radical (unpaired) electrons. The Labute approximate surface area is 241 Å². The van der Waals surface area contributed by atoms with E-state index in [1.165, 1.54) is 9.08 Å². The molecule has 3 N–H and O–H groups in total. The van der Waals surface area contributed by atoms with Crippen molar-refractivity contribution < 1.29 is 4.79 Å². The summed E-state index contributed by atoms with van der Waals surface area (Å²) in [4.78, 5) is 37.1. The third-order valence-electron chi connectivity index (χ3n) is 7.11. The molecule has 12 heteroatoms. The largest absolute Gasteiger partial charge is 0.381 e. The molecule has 0 aliphatic carbocycles. The van der Waals surface area contributed by atoms with E-state index < -0.39 is 11.3 Å². The van der Waals surface area contributed by atoms with Crippen molar-refractivity contribution in [1.82, 2.24) is 39.2 Å². The molecule has 1 atom stereocenters. The van der Waals surface area contributed by atoms with Crippen molar-refractivity contribution in [2.75, 3.05) is 5.73 Å². The van der Waals surface area contributed by atoms with E-state index in [0.717, 1.165) is 11.3 Å². The molecule has 2 aromatic carbocycles.